The van der Waals surface area contributed by atoms with E-state index in [9.17, 15) is 9.59 Å². The second-order valence-electron chi connectivity index (χ2n) is 8.66. The fourth-order valence-electron chi connectivity index (χ4n) is 4.71. The average Bonchev–Trinajstić information content (AvgIpc) is 3.34. The van der Waals surface area contributed by atoms with E-state index in [0.29, 0.717) is 5.69 Å². The fourth-order valence-corrected chi connectivity index (χ4v) is 4.71. The summed E-state index contributed by atoms with van der Waals surface area (Å²) >= 11 is 0. The molecule has 0 radical (unpaired) electrons. The number of aromatic nitrogens is 1. The van der Waals surface area contributed by atoms with Crippen molar-refractivity contribution < 1.29 is 9.59 Å². The van der Waals surface area contributed by atoms with Gasteiger partial charge in [0.25, 0.3) is 5.91 Å². The minimum absolute atomic E-state index is 0.134. The summed E-state index contributed by atoms with van der Waals surface area (Å²) in [5.74, 6) is -0.356. The van der Waals surface area contributed by atoms with Gasteiger partial charge in [0.05, 0.1) is 5.69 Å². The molecule has 0 bridgehead atoms. The predicted octanol–water partition coefficient (Wildman–Crippen LogP) is 5.47. The Morgan fingerprint density at radius 1 is 0.906 bits per heavy atom. The molecule has 32 heavy (non-hydrogen) atoms. The van der Waals surface area contributed by atoms with Gasteiger partial charge in [-0.2, -0.15) is 0 Å². The Hall–Kier alpha value is -3.34. The highest BCUT2D eigenvalue weighted by molar-refractivity contribution is 6.10. The van der Waals surface area contributed by atoms with E-state index in [1.165, 1.54) is 6.42 Å². The first-order valence-electron chi connectivity index (χ1n) is 11.4. The molecule has 2 N–H and O–H groups in total. The van der Waals surface area contributed by atoms with Crippen LogP contribution in [0.15, 0.2) is 66.9 Å². The van der Waals surface area contributed by atoms with Crippen molar-refractivity contribution in [3.8, 4) is 0 Å². The van der Waals surface area contributed by atoms with Crippen LogP contribution in [0.5, 0.6) is 0 Å². The van der Waals surface area contributed by atoms with Crippen LogP contribution in [0.3, 0.4) is 0 Å². The number of rotatable bonds is 6. The highest BCUT2D eigenvalue weighted by atomic mass is 16.2. The molecule has 5 heteroatoms. The lowest BCUT2D eigenvalue weighted by Gasteiger charge is -2.35. The Morgan fingerprint density at radius 3 is 2.22 bits per heavy atom. The van der Waals surface area contributed by atoms with Crippen LogP contribution in [0, 0.1) is 13.8 Å². The molecule has 0 aliphatic heterocycles. The number of aromatic amines is 1. The van der Waals surface area contributed by atoms with Crippen LogP contribution in [0.25, 0.3) is 0 Å². The summed E-state index contributed by atoms with van der Waals surface area (Å²) in [6.07, 6.45) is 7.18. The molecule has 0 spiro atoms. The number of hydrogen-bond acceptors (Lipinski definition) is 2. The standard InChI is InChI=1S/C27H31N3O2/c1-19-11-9-12-20(2)24(19)30(27(32)23-17-10-18-28-23)25(21-13-5-3-6-14-21)26(31)29-22-15-7-4-8-16-22/h3,5-6,9-14,17-18,22,25,28H,4,7-8,15-16H2,1-2H3,(H,29,31). The summed E-state index contributed by atoms with van der Waals surface area (Å²) < 4.78 is 0. The van der Waals surface area contributed by atoms with Gasteiger partial charge in [-0.1, -0.05) is 67.8 Å². The smallest absolute Gasteiger partial charge is 0.275 e. The lowest BCUT2D eigenvalue weighted by molar-refractivity contribution is -0.123. The highest BCUT2D eigenvalue weighted by Crippen LogP contribution is 2.34. The van der Waals surface area contributed by atoms with Crippen LogP contribution in [-0.4, -0.2) is 22.8 Å². The monoisotopic (exact) mass is 429 g/mol. The van der Waals surface area contributed by atoms with Crippen molar-refractivity contribution >= 4 is 17.5 Å². The molecule has 1 aromatic heterocycles. The largest absolute Gasteiger partial charge is 0.357 e. The molecule has 2 aromatic carbocycles. The molecule has 1 aliphatic carbocycles. The van der Waals surface area contributed by atoms with Gasteiger partial charge in [-0.05, 0) is 55.5 Å². The molecule has 2 amide bonds. The van der Waals surface area contributed by atoms with Gasteiger partial charge in [-0.15, -0.1) is 0 Å². The number of amides is 2. The van der Waals surface area contributed by atoms with Gasteiger partial charge < -0.3 is 10.3 Å². The fraction of sp³-hybridized carbons (Fsp3) is 0.333. The van der Waals surface area contributed by atoms with E-state index in [-0.39, 0.29) is 17.9 Å². The number of para-hydroxylation sites is 1. The maximum atomic E-state index is 13.8. The first-order valence-corrected chi connectivity index (χ1v) is 11.4. The van der Waals surface area contributed by atoms with Crippen molar-refractivity contribution in [1.82, 2.24) is 10.3 Å². The first-order chi connectivity index (χ1) is 15.6. The predicted molar refractivity (Wildman–Crippen MR) is 128 cm³/mol. The number of carbonyl (C=O) groups excluding carboxylic acids is 2. The van der Waals surface area contributed by atoms with Crippen LogP contribution >= 0.6 is 0 Å². The SMILES string of the molecule is Cc1cccc(C)c1N(C(=O)c1ccc[nH]1)C(C(=O)NC1CCCCC1)c1ccccc1. The molecular formula is C27H31N3O2. The summed E-state index contributed by atoms with van der Waals surface area (Å²) in [6.45, 7) is 3.97. The van der Waals surface area contributed by atoms with Gasteiger partial charge >= 0.3 is 0 Å². The van der Waals surface area contributed by atoms with Crippen LogP contribution in [0.1, 0.15) is 65.3 Å². The molecule has 1 unspecified atom stereocenters. The molecule has 5 nitrogen and oxygen atoms in total. The van der Waals surface area contributed by atoms with Crippen LogP contribution in [0.2, 0.25) is 0 Å². The van der Waals surface area contributed by atoms with Crippen molar-refractivity contribution in [2.24, 2.45) is 0 Å². The number of nitrogens with zero attached hydrogens (tertiary/aromatic N) is 1. The number of carbonyl (C=O) groups is 2. The van der Waals surface area contributed by atoms with Gasteiger partial charge in [0.15, 0.2) is 0 Å². The lowest BCUT2D eigenvalue weighted by Crippen LogP contribution is -2.47. The third kappa shape index (κ3) is 4.62. The molecule has 1 fully saturated rings. The summed E-state index contributed by atoms with van der Waals surface area (Å²) in [7, 11) is 0. The Labute approximate surface area is 189 Å². The van der Waals surface area contributed by atoms with E-state index in [1.807, 2.05) is 62.4 Å². The van der Waals surface area contributed by atoms with Crippen molar-refractivity contribution in [2.75, 3.05) is 4.90 Å². The topological polar surface area (TPSA) is 65.2 Å². The van der Waals surface area contributed by atoms with Crippen LogP contribution < -0.4 is 10.2 Å². The Kier molecular flexibility index (Phi) is 6.74. The minimum Gasteiger partial charge on any atom is -0.357 e. The maximum Gasteiger partial charge on any atom is 0.275 e. The molecule has 4 rings (SSSR count). The van der Waals surface area contributed by atoms with Crippen LogP contribution in [0.4, 0.5) is 5.69 Å². The molecular weight excluding hydrogens is 398 g/mol. The molecule has 1 atom stereocenters. The third-order valence-corrected chi connectivity index (χ3v) is 6.30. The van der Waals surface area contributed by atoms with E-state index in [2.05, 4.69) is 10.3 Å². The Balaban J connectivity index is 1.82. The lowest BCUT2D eigenvalue weighted by atomic mass is 9.94. The first kappa shape index (κ1) is 21.9. The van der Waals surface area contributed by atoms with Crippen molar-refractivity contribution in [3.05, 3.63) is 89.2 Å². The summed E-state index contributed by atoms with van der Waals surface area (Å²) in [4.78, 5) is 32.3. The quantitative estimate of drug-likeness (QED) is 0.546. The summed E-state index contributed by atoms with van der Waals surface area (Å²) in [5.41, 5.74) is 3.94. The van der Waals surface area contributed by atoms with Crippen LogP contribution in [-0.2, 0) is 4.79 Å². The number of anilines is 1. The van der Waals surface area contributed by atoms with Crippen molar-refractivity contribution in [3.63, 3.8) is 0 Å². The molecule has 1 heterocycles. The highest BCUT2D eigenvalue weighted by Gasteiger charge is 2.36. The molecule has 1 aliphatic rings. The van der Waals surface area contributed by atoms with Gasteiger partial charge in [0.2, 0.25) is 5.91 Å². The number of hydrogen-bond donors (Lipinski definition) is 2. The third-order valence-electron chi connectivity index (χ3n) is 6.30. The second-order valence-corrected chi connectivity index (χ2v) is 8.66. The van der Waals surface area contributed by atoms with Gasteiger partial charge in [0.1, 0.15) is 11.7 Å². The van der Waals surface area contributed by atoms with Crippen molar-refractivity contribution in [2.45, 2.75) is 58.0 Å². The Morgan fingerprint density at radius 2 is 1.59 bits per heavy atom. The van der Waals surface area contributed by atoms with E-state index < -0.39 is 6.04 Å². The molecule has 166 valence electrons. The zero-order chi connectivity index (χ0) is 22.5. The normalized spacial score (nSPS) is 15.2. The molecule has 1 saturated carbocycles. The number of nitrogens with one attached hydrogen (secondary N) is 2. The van der Waals surface area contributed by atoms with E-state index in [0.717, 1.165) is 48.1 Å². The summed E-state index contributed by atoms with van der Waals surface area (Å²) in [5, 5.41) is 3.26. The second kappa shape index (κ2) is 9.86. The number of aryl methyl sites for hydroxylation is 2. The number of benzene rings is 2. The summed E-state index contributed by atoms with van der Waals surface area (Å²) in [6, 6.07) is 18.5. The molecule has 3 aromatic rings. The maximum absolute atomic E-state index is 13.8. The average molecular weight is 430 g/mol. The van der Waals surface area contributed by atoms with Gasteiger partial charge in [-0.3, -0.25) is 14.5 Å². The zero-order valence-corrected chi connectivity index (χ0v) is 18.8. The van der Waals surface area contributed by atoms with E-state index >= 15 is 0 Å². The molecule has 0 saturated heterocycles. The van der Waals surface area contributed by atoms with Gasteiger partial charge in [-0.25, -0.2) is 0 Å². The van der Waals surface area contributed by atoms with E-state index in [4.69, 9.17) is 0 Å². The minimum atomic E-state index is -0.770. The number of H-pyrrole nitrogens is 1. The van der Waals surface area contributed by atoms with Gasteiger partial charge in [0, 0.05) is 12.2 Å². The van der Waals surface area contributed by atoms with E-state index in [1.54, 1.807) is 23.2 Å². The Bertz CT molecular complexity index is 1030. The van der Waals surface area contributed by atoms with Crippen molar-refractivity contribution in [1.29, 1.82) is 0 Å². The zero-order valence-electron chi connectivity index (χ0n) is 18.8.